The van der Waals surface area contributed by atoms with Gasteiger partial charge in [0.15, 0.2) is 11.6 Å². The highest BCUT2D eigenvalue weighted by Crippen LogP contribution is 2.44. The average molecular weight is 445 g/mol. The zero-order valence-corrected chi connectivity index (χ0v) is 19.4. The standard InChI is InChI=1S/C28H38F2O2/c1-18-2-6-20(7-3-18)22-10-12-23(13-11-22)21-8-4-19(5-9-21)16-31-25-15-14-24(26-17-32-26)27(29)28(25)30/h4,8,14-15,18-23,26H,2-3,5-7,9-13,16-17H2,1H3. The van der Waals surface area contributed by atoms with E-state index in [-0.39, 0.29) is 17.8 Å². The molecule has 2 nitrogen and oxygen atoms in total. The summed E-state index contributed by atoms with van der Waals surface area (Å²) in [7, 11) is 0. The van der Waals surface area contributed by atoms with Gasteiger partial charge in [-0.25, -0.2) is 4.39 Å². The summed E-state index contributed by atoms with van der Waals surface area (Å²) in [5.74, 6) is 2.99. The molecule has 0 bridgehead atoms. The number of allylic oxidation sites excluding steroid dienone is 1. The van der Waals surface area contributed by atoms with E-state index in [4.69, 9.17) is 9.47 Å². The first-order chi connectivity index (χ1) is 15.6. The molecule has 3 fully saturated rings. The van der Waals surface area contributed by atoms with Crippen molar-refractivity contribution in [2.45, 2.75) is 77.2 Å². The van der Waals surface area contributed by atoms with Gasteiger partial charge in [0, 0.05) is 11.5 Å². The first-order valence-corrected chi connectivity index (χ1v) is 13.0. The molecule has 3 aliphatic carbocycles. The van der Waals surface area contributed by atoms with Crippen molar-refractivity contribution in [2.24, 2.45) is 35.5 Å². The van der Waals surface area contributed by atoms with Gasteiger partial charge in [0.25, 0.3) is 0 Å². The number of hydrogen-bond donors (Lipinski definition) is 0. The van der Waals surface area contributed by atoms with Crippen LogP contribution in [0, 0.1) is 47.1 Å². The first kappa shape index (κ1) is 22.4. The average Bonchev–Trinajstić information content (AvgIpc) is 3.66. The van der Waals surface area contributed by atoms with Crippen LogP contribution >= 0.6 is 0 Å². The van der Waals surface area contributed by atoms with E-state index in [0.29, 0.717) is 24.7 Å². The minimum absolute atomic E-state index is 0.0119. The van der Waals surface area contributed by atoms with Gasteiger partial charge in [-0.05, 0) is 93.1 Å². The van der Waals surface area contributed by atoms with Crippen LogP contribution in [0.4, 0.5) is 8.78 Å². The fourth-order valence-electron chi connectivity index (χ4n) is 6.56. The SMILES string of the molecule is CC1CCC(C2CCC(C3C=CC(COc4ccc(C5CO5)c(F)c4F)CC3)CC2)CC1. The summed E-state index contributed by atoms with van der Waals surface area (Å²) in [6.07, 6.45) is 18.0. The summed E-state index contributed by atoms with van der Waals surface area (Å²) in [5.41, 5.74) is 0.294. The third kappa shape index (κ3) is 5.05. The quantitative estimate of drug-likeness (QED) is 0.332. The molecule has 1 aliphatic heterocycles. The molecule has 0 N–H and O–H groups in total. The molecule has 2 saturated carbocycles. The van der Waals surface area contributed by atoms with Crippen LogP contribution in [0.15, 0.2) is 24.3 Å². The fourth-order valence-corrected chi connectivity index (χ4v) is 6.56. The number of halogens is 2. The van der Waals surface area contributed by atoms with Crippen LogP contribution in [0.25, 0.3) is 0 Å². The van der Waals surface area contributed by atoms with Crippen molar-refractivity contribution in [2.75, 3.05) is 13.2 Å². The van der Waals surface area contributed by atoms with Gasteiger partial charge in [-0.15, -0.1) is 0 Å². The maximum atomic E-state index is 14.3. The minimum Gasteiger partial charge on any atom is -0.490 e. The molecule has 1 heterocycles. The lowest BCUT2D eigenvalue weighted by Gasteiger charge is -2.39. The predicted octanol–water partition coefficient (Wildman–Crippen LogP) is 7.63. The van der Waals surface area contributed by atoms with E-state index in [1.165, 1.54) is 63.9 Å². The molecule has 4 heteroatoms. The molecule has 0 spiro atoms. The Hall–Kier alpha value is -1.42. The number of rotatable bonds is 6. The minimum atomic E-state index is -0.889. The molecule has 1 aromatic rings. The fraction of sp³-hybridized carbons (Fsp3) is 0.714. The lowest BCUT2D eigenvalue weighted by molar-refractivity contribution is 0.130. The van der Waals surface area contributed by atoms with Gasteiger partial charge in [0.1, 0.15) is 6.10 Å². The Balaban J connectivity index is 1.08. The van der Waals surface area contributed by atoms with E-state index < -0.39 is 11.6 Å². The van der Waals surface area contributed by atoms with E-state index in [1.807, 2.05) is 0 Å². The zero-order chi connectivity index (χ0) is 22.1. The molecule has 3 atom stereocenters. The molecule has 3 unspecified atom stereocenters. The van der Waals surface area contributed by atoms with Crippen molar-refractivity contribution >= 4 is 0 Å². The maximum Gasteiger partial charge on any atom is 0.200 e. The monoisotopic (exact) mass is 444 g/mol. The summed E-state index contributed by atoms with van der Waals surface area (Å²) >= 11 is 0. The van der Waals surface area contributed by atoms with Crippen LogP contribution in [0.5, 0.6) is 5.75 Å². The van der Waals surface area contributed by atoms with Crippen LogP contribution in [0.3, 0.4) is 0 Å². The van der Waals surface area contributed by atoms with Crippen molar-refractivity contribution in [1.29, 1.82) is 0 Å². The van der Waals surface area contributed by atoms with Gasteiger partial charge in [0.2, 0.25) is 5.82 Å². The number of ether oxygens (including phenoxy) is 2. The molecule has 4 aliphatic rings. The van der Waals surface area contributed by atoms with Crippen molar-refractivity contribution in [3.8, 4) is 5.75 Å². The van der Waals surface area contributed by atoms with Crippen LogP contribution in [0.2, 0.25) is 0 Å². The lowest BCUT2D eigenvalue weighted by Crippen LogP contribution is -2.28. The van der Waals surface area contributed by atoms with Crippen LogP contribution in [-0.2, 0) is 4.74 Å². The Morgan fingerprint density at radius 3 is 2.09 bits per heavy atom. The second-order valence-corrected chi connectivity index (χ2v) is 11.0. The van der Waals surface area contributed by atoms with E-state index in [2.05, 4.69) is 19.1 Å². The molecule has 1 aromatic carbocycles. The number of hydrogen-bond acceptors (Lipinski definition) is 2. The third-order valence-electron chi connectivity index (χ3n) is 8.86. The molecule has 32 heavy (non-hydrogen) atoms. The van der Waals surface area contributed by atoms with Gasteiger partial charge in [-0.2, -0.15) is 4.39 Å². The van der Waals surface area contributed by atoms with Crippen LogP contribution in [-0.4, -0.2) is 13.2 Å². The second kappa shape index (κ2) is 9.83. The van der Waals surface area contributed by atoms with E-state index in [0.717, 1.165) is 30.1 Å². The van der Waals surface area contributed by atoms with Gasteiger partial charge >= 0.3 is 0 Å². The summed E-state index contributed by atoms with van der Waals surface area (Å²) in [5, 5.41) is 0. The van der Waals surface area contributed by atoms with Crippen molar-refractivity contribution in [3.05, 3.63) is 41.5 Å². The highest BCUT2D eigenvalue weighted by Gasteiger charge is 2.33. The molecule has 0 aromatic heterocycles. The molecule has 5 rings (SSSR count). The molecule has 0 radical (unpaired) electrons. The summed E-state index contributed by atoms with van der Waals surface area (Å²) < 4.78 is 39.3. The Kier molecular flexibility index (Phi) is 6.87. The second-order valence-electron chi connectivity index (χ2n) is 11.0. The normalized spacial score (nSPS) is 37.3. The Morgan fingerprint density at radius 2 is 1.47 bits per heavy atom. The van der Waals surface area contributed by atoms with Crippen LogP contribution in [0.1, 0.15) is 82.8 Å². The third-order valence-corrected chi connectivity index (χ3v) is 8.86. The largest absolute Gasteiger partial charge is 0.490 e. The van der Waals surface area contributed by atoms with Crippen molar-refractivity contribution < 1.29 is 18.3 Å². The first-order valence-electron chi connectivity index (χ1n) is 13.0. The van der Waals surface area contributed by atoms with Crippen molar-refractivity contribution in [1.82, 2.24) is 0 Å². The predicted molar refractivity (Wildman–Crippen MR) is 122 cm³/mol. The molecule has 176 valence electrons. The Morgan fingerprint density at radius 1 is 0.812 bits per heavy atom. The van der Waals surface area contributed by atoms with Gasteiger partial charge in [-0.3, -0.25) is 0 Å². The zero-order valence-electron chi connectivity index (χ0n) is 19.4. The van der Waals surface area contributed by atoms with Gasteiger partial charge in [0.05, 0.1) is 13.2 Å². The lowest BCUT2D eigenvalue weighted by atomic mass is 9.66. The topological polar surface area (TPSA) is 21.8 Å². The number of benzene rings is 1. The molecule has 1 saturated heterocycles. The van der Waals surface area contributed by atoms with Crippen molar-refractivity contribution in [3.63, 3.8) is 0 Å². The molecular weight excluding hydrogens is 406 g/mol. The van der Waals surface area contributed by atoms with E-state index >= 15 is 0 Å². The highest BCUT2D eigenvalue weighted by atomic mass is 19.2. The summed E-state index contributed by atoms with van der Waals surface area (Å²) in [6, 6.07) is 3.12. The summed E-state index contributed by atoms with van der Waals surface area (Å²) in [6.45, 7) is 3.29. The van der Waals surface area contributed by atoms with Gasteiger partial charge in [-0.1, -0.05) is 31.9 Å². The smallest absolute Gasteiger partial charge is 0.200 e. The highest BCUT2D eigenvalue weighted by molar-refractivity contribution is 5.33. The molecular formula is C28H38F2O2. The Bertz CT molecular complexity index is 802. The van der Waals surface area contributed by atoms with E-state index in [9.17, 15) is 8.78 Å². The van der Waals surface area contributed by atoms with Crippen LogP contribution < -0.4 is 4.74 Å². The molecule has 0 amide bonds. The summed E-state index contributed by atoms with van der Waals surface area (Å²) in [4.78, 5) is 0. The van der Waals surface area contributed by atoms with Gasteiger partial charge < -0.3 is 9.47 Å². The van der Waals surface area contributed by atoms with E-state index in [1.54, 1.807) is 6.07 Å². The Labute approximate surface area is 191 Å². The number of epoxide rings is 1. The maximum absolute atomic E-state index is 14.3.